The van der Waals surface area contributed by atoms with Gasteiger partial charge in [0.15, 0.2) is 0 Å². The van der Waals surface area contributed by atoms with Gasteiger partial charge in [-0.25, -0.2) is 0 Å². The van der Waals surface area contributed by atoms with E-state index in [1.54, 1.807) is 0 Å². The fourth-order valence-electron chi connectivity index (χ4n) is 11.1. The third kappa shape index (κ3) is 6.87. The van der Waals surface area contributed by atoms with Gasteiger partial charge in [-0.15, -0.1) is 0 Å². The molecule has 326 valence electrons. The average molecular weight is 881 g/mol. The summed E-state index contributed by atoms with van der Waals surface area (Å²) >= 11 is 0. The molecule has 0 spiro atoms. The quantitative estimate of drug-likeness (QED) is 0.148. The number of anilines is 3. The molecule has 1 aromatic heterocycles. The van der Waals surface area contributed by atoms with Crippen molar-refractivity contribution in [2.24, 2.45) is 0 Å². The van der Waals surface area contributed by atoms with E-state index >= 15 is 0 Å². The fraction of sp³-hybridized carbons (Fsp3) is 0.0448. The molecule has 0 radical (unpaired) electrons. The molecule has 0 saturated heterocycles. The first-order chi connectivity index (χ1) is 34.0. The van der Waals surface area contributed by atoms with Crippen LogP contribution in [0.4, 0.5) is 17.1 Å². The topological polar surface area (TPSA) is 8.17 Å². The molecule has 11 aromatic carbocycles. The molecule has 0 saturated carbocycles. The van der Waals surface area contributed by atoms with E-state index in [2.05, 4.69) is 278 Å². The smallest absolute Gasteiger partial charge is 0.0541 e. The molecule has 0 amide bonds. The molecule has 0 N–H and O–H groups in total. The van der Waals surface area contributed by atoms with E-state index < -0.39 is 0 Å². The van der Waals surface area contributed by atoms with E-state index in [9.17, 15) is 0 Å². The Kier molecular flexibility index (Phi) is 9.55. The van der Waals surface area contributed by atoms with Crippen LogP contribution in [0.3, 0.4) is 0 Å². The number of benzene rings is 11. The van der Waals surface area contributed by atoms with E-state index in [4.69, 9.17) is 0 Å². The van der Waals surface area contributed by atoms with Crippen LogP contribution in [0.25, 0.3) is 93.9 Å². The number of rotatable bonds is 8. The molecule has 0 fully saturated rings. The summed E-state index contributed by atoms with van der Waals surface area (Å²) in [6.07, 6.45) is 0. The third-order valence-corrected chi connectivity index (χ3v) is 14.6. The molecule has 0 bridgehead atoms. The van der Waals surface area contributed by atoms with Gasteiger partial charge in [-0.1, -0.05) is 202 Å². The minimum absolute atomic E-state index is 0.109. The zero-order valence-electron chi connectivity index (χ0n) is 38.6. The molecule has 12 aromatic rings. The largest absolute Gasteiger partial charge is 0.310 e. The second-order valence-corrected chi connectivity index (χ2v) is 18.9. The van der Waals surface area contributed by atoms with Crippen LogP contribution in [-0.2, 0) is 5.41 Å². The first kappa shape index (κ1) is 40.5. The lowest BCUT2D eigenvalue weighted by atomic mass is 9.82. The van der Waals surface area contributed by atoms with Gasteiger partial charge in [-0.05, 0) is 144 Å². The Bertz CT molecular complexity index is 3870. The summed E-state index contributed by atoms with van der Waals surface area (Å²) < 4.78 is 2.39. The van der Waals surface area contributed by atoms with Gasteiger partial charge >= 0.3 is 0 Å². The van der Waals surface area contributed by atoms with E-state index in [1.807, 2.05) is 0 Å². The second-order valence-electron chi connectivity index (χ2n) is 18.9. The molecule has 1 heterocycles. The summed E-state index contributed by atoms with van der Waals surface area (Å²) in [6, 6.07) is 93.5. The molecule has 0 atom stereocenters. The number of fused-ring (bicyclic) bond motifs is 7. The van der Waals surface area contributed by atoms with Crippen molar-refractivity contribution in [3.63, 3.8) is 0 Å². The lowest BCUT2D eigenvalue weighted by Crippen LogP contribution is -2.16. The standard InChI is InChI=1S/C67H48N2/c1-67(2)63-21-10-8-18-59(63)60-41-40-56(44-64(60)67)68(54-38-31-51(32-39-54)58-20-12-16-50-15-6-7-17-57(50)58)53-34-27-48(28-35-53)46-23-25-49(26-24-46)52-33-42-66-62(43-52)61-19-9-11-22-65(61)69(66)55-36-29-47(30-37-55)45-13-4-3-5-14-45/h3-44H,1-2H3. The average Bonchev–Trinajstić information content (AvgIpc) is 3.86. The molecule has 1 aliphatic rings. The van der Waals surface area contributed by atoms with E-state index in [-0.39, 0.29) is 5.41 Å². The van der Waals surface area contributed by atoms with E-state index in [0.29, 0.717) is 0 Å². The van der Waals surface area contributed by atoms with Crippen molar-refractivity contribution in [1.82, 2.24) is 4.57 Å². The van der Waals surface area contributed by atoms with Crippen molar-refractivity contribution in [2.75, 3.05) is 4.90 Å². The zero-order chi connectivity index (χ0) is 46.1. The van der Waals surface area contributed by atoms with E-state index in [0.717, 1.165) is 22.7 Å². The van der Waals surface area contributed by atoms with Crippen molar-refractivity contribution in [2.45, 2.75) is 19.3 Å². The summed E-state index contributed by atoms with van der Waals surface area (Å²) in [5, 5.41) is 5.02. The van der Waals surface area contributed by atoms with Crippen LogP contribution < -0.4 is 4.90 Å². The summed E-state index contributed by atoms with van der Waals surface area (Å²) in [5.74, 6) is 0. The predicted octanol–water partition coefficient (Wildman–Crippen LogP) is 18.4. The fourth-order valence-corrected chi connectivity index (χ4v) is 11.1. The van der Waals surface area contributed by atoms with Crippen molar-refractivity contribution >= 4 is 49.6 Å². The maximum atomic E-state index is 2.42. The first-order valence-corrected chi connectivity index (χ1v) is 24.0. The Morgan fingerprint density at radius 1 is 0.304 bits per heavy atom. The van der Waals surface area contributed by atoms with Gasteiger partial charge in [0.25, 0.3) is 0 Å². The zero-order valence-corrected chi connectivity index (χ0v) is 38.6. The maximum Gasteiger partial charge on any atom is 0.0541 e. The highest BCUT2D eigenvalue weighted by Gasteiger charge is 2.35. The summed E-state index contributed by atoms with van der Waals surface area (Å²) in [5.41, 5.74) is 21.9. The summed E-state index contributed by atoms with van der Waals surface area (Å²) in [7, 11) is 0. The Morgan fingerprint density at radius 3 is 1.54 bits per heavy atom. The number of nitrogens with zero attached hydrogens (tertiary/aromatic N) is 2. The molecular formula is C67H48N2. The normalized spacial score (nSPS) is 12.6. The van der Waals surface area contributed by atoms with Gasteiger partial charge in [-0.3, -0.25) is 0 Å². The number of hydrogen-bond acceptors (Lipinski definition) is 1. The van der Waals surface area contributed by atoms with Gasteiger partial charge in [0.1, 0.15) is 0 Å². The van der Waals surface area contributed by atoms with Gasteiger partial charge in [0.2, 0.25) is 0 Å². The number of aromatic nitrogens is 1. The Hall–Kier alpha value is -8.72. The van der Waals surface area contributed by atoms with Crippen molar-refractivity contribution in [3.05, 3.63) is 266 Å². The van der Waals surface area contributed by atoms with Crippen LogP contribution in [0.2, 0.25) is 0 Å². The minimum atomic E-state index is -0.109. The predicted molar refractivity (Wildman–Crippen MR) is 292 cm³/mol. The molecule has 0 aliphatic heterocycles. The van der Waals surface area contributed by atoms with E-state index in [1.165, 1.54) is 99.3 Å². The van der Waals surface area contributed by atoms with Crippen LogP contribution in [0.5, 0.6) is 0 Å². The van der Waals surface area contributed by atoms with Crippen molar-refractivity contribution in [1.29, 1.82) is 0 Å². The molecule has 2 heteroatoms. The molecule has 2 nitrogen and oxygen atoms in total. The third-order valence-electron chi connectivity index (χ3n) is 14.6. The highest BCUT2D eigenvalue weighted by Crippen LogP contribution is 2.51. The molecule has 13 rings (SSSR count). The van der Waals surface area contributed by atoms with Crippen LogP contribution in [0.15, 0.2) is 255 Å². The molecular weight excluding hydrogens is 833 g/mol. The molecule has 1 aliphatic carbocycles. The van der Waals surface area contributed by atoms with Crippen LogP contribution in [0.1, 0.15) is 25.0 Å². The van der Waals surface area contributed by atoms with Gasteiger partial charge in [0.05, 0.1) is 11.0 Å². The lowest BCUT2D eigenvalue weighted by Gasteiger charge is -2.28. The van der Waals surface area contributed by atoms with Gasteiger partial charge in [-0.2, -0.15) is 0 Å². The first-order valence-electron chi connectivity index (χ1n) is 24.0. The number of hydrogen-bond donors (Lipinski definition) is 0. The second kappa shape index (κ2) is 16.3. The Morgan fingerprint density at radius 2 is 0.797 bits per heavy atom. The van der Waals surface area contributed by atoms with Crippen LogP contribution >= 0.6 is 0 Å². The summed E-state index contributed by atoms with van der Waals surface area (Å²) in [6.45, 7) is 4.71. The molecule has 69 heavy (non-hydrogen) atoms. The lowest BCUT2D eigenvalue weighted by molar-refractivity contribution is 0.660. The van der Waals surface area contributed by atoms with Gasteiger partial charge < -0.3 is 9.47 Å². The Balaban J connectivity index is 0.826. The minimum Gasteiger partial charge on any atom is -0.310 e. The highest BCUT2D eigenvalue weighted by molar-refractivity contribution is 6.10. The van der Waals surface area contributed by atoms with Crippen molar-refractivity contribution < 1.29 is 0 Å². The van der Waals surface area contributed by atoms with Crippen LogP contribution in [0, 0.1) is 0 Å². The monoisotopic (exact) mass is 880 g/mol. The van der Waals surface area contributed by atoms with Crippen LogP contribution in [-0.4, -0.2) is 4.57 Å². The SMILES string of the molecule is CC1(C)c2ccccc2-c2ccc(N(c3ccc(-c4ccc(-c5ccc6c(c5)c5ccccc5n6-c5ccc(-c6ccccc6)cc5)cc4)cc3)c3ccc(-c4cccc5ccccc45)cc3)cc21. The van der Waals surface area contributed by atoms with Gasteiger partial charge in [0, 0.05) is 38.9 Å². The summed E-state index contributed by atoms with van der Waals surface area (Å²) in [4.78, 5) is 2.41. The van der Waals surface area contributed by atoms with Crippen molar-refractivity contribution in [3.8, 4) is 61.3 Å². The maximum absolute atomic E-state index is 2.42. The molecule has 0 unspecified atom stereocenters. The Labute approximate surface area is 403 Å². The number of para-hydroxylation sites is 1. The highest BCUT2D eigenvalue weighted by atomic mass is 15.1.